The normalized spacial score (nSPS) is 19.8. The summed E-state index contributed by atoms with van der Waals surface area (Å²) in [6, 6.07) is 8.41. The average Bonchev–Trinajstić information content (AvgIpc) is 2.26. The number of rotatable bonds is 5. The van der Waals surface area contributed by atoms with Crippen LogP contribution in [0.5, 0.6) is 0 Å². The van der Waals surface area contributed by atoms with Crippen molar-refractivity contribution in [1.82, 2.24) is 0 Å². The SMILES string of the molecule is CC(CCN)C(=O)CC1Cc2ccccc21. The van der Waals surface area contributed by atoms with E-state index in [1.54, 1.807) is 0 Å². The highest BCUT2D eigenvalue weighted by molar-refractivity contribution is 5.82. The molecule has 2 nitrogen and oxygen atoms in total. The molecule has 16 heavy (non-hydrogen) atoms. The number of carbonyl (C=O) groups excluding carboxylic acids is 1. The van der Waals surface area contributed by atoms with Crippen molar-refractivity contribution >= 4 is 5.78 Å². The van der Waals surface area contributed by atoms with Gasteiger partial charge in [-0.2, -0.15) is 0 Å². The minimum atomic E-state index is 0.123. The topological polar surface area (TPSA) is 43.1 Å². The van der Waals surface area contributed by atoms with Gasteiger partial charge in [-0.25, -0.2) is 0 Å². The zero-order valence-corrected chi connectivity index (χ0v) is 9.78. The summed E-state index contributed by atoms with van der Waals surface area (Å²) >= 11 is 0. The summed E-state index contributed by atoms with van der Waals surface area (Å²) in [6.07, 6.45) is 2.57. The molecule has 2 heteroatoms. The van der Waals surface area contributed by atoms with Gasteiger partial charge in [-0.1, -0.05) is 31.2 Å². The highest BCUT2D eigenvalue weighted by atomic mass is 16.1. The molecule has 0 bridgehead atoms. The lowest BCUT2D eigenvalue weighted by Gasteiger charge is -2.30. The van der Waals surface area contributed by atoms with E-state index in [1.807, 2.05) is 6.92 Å². The first-order valence-electron chi connectivity index (χ1n) is 6.03. The summed E-state index contributed by atoms with van der Waals surface area (Å²) in [4.78, 5) is 11.9. The minimum absolute atomic E-state index is 0.123. The van der Waals surface area contributed by atoms with E-state index in [0.29, 0.717) is 24.7 Å². The molecule has 2 N–H and O–H groups in total. The van der Waals surface area contributed by atoms with E-state index in [-0.39, 0.29) is 5.92 Å². The second-order valence-corrected chi connectivity index (χ2v) is 4.75. The fourth-order valence-corrected chi connectivity index (χ4v) is 2.40. The molecule has 1 aliphatic rings. The Morgan fingerprint density at radius 3 is 2.94 bits per heavy atom. The van der Waals surface area contributed by atoms with Crippen LogP contribution < -0.4 is 5.73 Å². The van der Waals surface area contributed by atoms with E-state index in [9.17, 15) is 4.79 Å². The van der Waals surface area contributed by atoms with Gasteiger partial charge in [-0.3, -0.25) is 4.79 Å². The Morgan fingerprint density at radius 1 is 1.50 bits per heavy atom. The molecular formula is C14H19NO. The van der Waals surface area contributed by atoms with Gasteiger partial charge in [0.05, 0.1) is 0 Å². The molecule has 0 radical (unpaired) electrons. The van der Waals surface area contributed by atoms with Crippen LogP contribution in [0.2, 0.25) is 0 Å². The van der Waals surface area contributed by atoms with Crippen molar-refractivity contribution in [3.8, 4) is 0 Å². The third-order valence-electron chi connectivity index (χ3n) is 3.56. The average molecular weight is 217 g/mol. The van der Waals surface area contributed by atoms with Gasteiger partial charge in [0, 0.05) is 12.3 Å². The van der Waals surface area contributed by atoms with Gasteiger partial charge in [0.25, 0.3) is 0 Å². The first kappa shape index (κ1) is 11.3. The number of ketones is 1. The van der Waals surface area contributed by atoms with Gasteiger partial charge >= 0.3 is 0 Å². The third kappa shape index (κ3) is 2.17. The number of Topliss-reactive ketones (excluding diaryl/α,β-unsaturated/α-hetero) is 1. The van der Waals surface area contributed by atoms with E-state index in [4.69, 9.17) is 5.73 Å². The number of benzene rings is 1. The number of hydrogen-bond donors (Lipinski definition) is 1. The Kier molecular flexibility index (Phi) is 3.39. The van der Waals surface area contributed by atoms with Crippen LogP contribution in [0.25, 0.3) is 0 Å². The molecule has 0 amide bonds. The monoisotopic (exact) mass is 217 g/mol. The summed E-state index contributed by atoms with van der Waals surface area (Å²) < 4.78 is 0. The van der Waals surface area contributed by atoms with Gasteiger partial charge < -0.3 is 5.73 Å². The molecule has 2 unspecified atom stereocenters. The minimum Gasteiger partial charge on any atom is -0.330 e. The number of nitrogens with two attached hydrogens (primary N) is 1. The number of fused-ring (bicyclic) bond motifs is 1. The lowest BCUT2D eigenvalue weighted by atomic mass is 9.74. The molecule has 86 valence electrons. The Bertz CT molecular complexity index is 386. The standard InChI is InChI=1S/C14H19NO/c1-10(6-7-15)14(16)9-12-8-11-4-2-3-5-13(11)12/h2-5,10,12H,6-9,15H2,1H3. The van der Waals surface area contributed by atoms with Crippen LogP contribution in [0.3, 0.4) is 0 Å². The molecule has 1 aromatic rings. The van der Waals surface area contributed by atoms with Crippen molar-refractivity contribution < 1.29 is 4.79 Å². The maximum absolute atomic E-state index is 11.9. The molecule has 0 aromatic heterocycles. The summed E-state index contributed by atoms with van der Waals surface area (Å²) in [5.74, 6) is 0.951. The fraction of sp³-hybridized carbons (Fsp3) is 0.500. The van der Waals surface area contributed by atoms with Crippen molar-refractivity contribution in [3.05, 3.63) is 35.4 Å². The summed E-state index contributed by atoms with van der Waals surface area (Å²) in [5.41, 5.74) is 8.25. The maximum atomic E-state index is 11.9. The number of carbonyl (C=O) groups is 1. The third-order valence-corrected chi connectivity index (χ3v) is 3.56. The highest BCUT2D eigenvalue weighted by Gasteiger charge is 2.28. The predicted molar refractivity (Wildman–Crippen MR) is 65.3 cm³/mol. The van der Waals surface area contributed by atoms with E-state index in [1.165, 1.54) is 11.1 Å². The van der Waals surface area contributed by atoms with Crippen LogP contribution >= 0.6 is 0 Å². The van der Waals surface area contributed by atoms with Crippen molar-refractivity contribution in [2.45, 2.75) is 32.1 Å². The molecule has 2 atom stereocenters. The van der Waals surface area contributed by atoms with Crippen LogP contribution in [-0.2, 0) is 11.2 Å². The van der Waals surface area contributed by atoms with Crippen molar-refractivity contribution in [2.75, 3.05) is 6.54 Å². The predicted octanol–water partition coefficient (Wildman–Crippen LogP) is 2.27. The molecule has 1 aromatic carbocycles. The smallest absolute Gasteiger partial charge is 0.136 e. The molecular weight excluding hydrogens is 198 g/mol. The first-order chi connectivity index (χ1) is 7.72. The Balaban J connectivity index is 1.92. The highest BCUT2D eigenvalue weighted by Crippen LogP contribution is 2.37. The Labute approximate surface area is 96.8 Å². The van der Waals surface area contributed by atoms with Crippen molar-refractivity contribution in [2.24, 2.45) is 11.7 Å². The Hall–Kier alpha value is -1.15. The van der Waals surface area contributed by atoms with E-state index >= 15 is 0 Å². The van der Waals surface area contributed by atoms with E-state index in [0.717, 1.165) is 12.8 Å². The second-order valence-electron chi connectivity index (χ2n) is 4.75. The summed E-state index contributed by atoms with van der Waals surface area (Å²) in [7, 11) is 0. The van der Waals surface area contributed by atoms with Crippen molar-refractivity contribution in [3.63, 3.8) is 0 Å². The molecule has 0 aliphatic heterocycles. The van der Waals surface area contributed by atoms with Gasteiger partial charge in [-0.15, -0.1) is 0 Å². The molecule has 0 saturated heterocycles. The zero-order chi connectivity index (χ0) is 11.5. The first-order valence-corrected chi connectivity index (χ1v) is 6.03. The molecule has 2 rings (SSSR count). The zero-order valence-electron chi connectivity index (χ0n) is 9.78. The van der Waals surface area contributed by atoms with Gasteiger partial charge in [0.1, 0.15) is 5.78 Å². The molecule has 0 heterocycles. The van der Waals surface area contributed by atoms with Crippen LogP contribution in [0.15, 0.2) is 24.3 Å². The van der Waals surface area contributed by atoms with Gasteiger partial charge in [0.15, 0.2) is 0 Å². The van der Waals surface area contributed by atoms with Crippen LogP contribution in [0.4, 0.5) is 0 Å². The largest absolute Gasteiger partial charge is 0.330 e. The lowest BCUT2D eigenvalue weighted by molar-refractivity contribution is -0.123. The van der Waals surface area contributed by atoms with Crippen LogP contribution in [0, 0.1) is 5.92 Å². The Morgan fingerprint density at radius 2 is 2.25 bits per heavy atom. The van der Waals surface area contributed by atoms with E-state index < -0.39 is 0 Å². The summed E-state index contributed by atoms with van der Waals surface area (Å²) in [5, 5.41) is 0. The number of hydrogen-bond acceptors (Lipinski definition) is 2. The molecule has 0 fully saturated rings. The quantitative estimate of drug-likeness (QED) is 0.822. The van der Waals surface area contributed by atoms with Crippen LogP contribution in [0.1, 0.15) is 36.8 Å². The maximum Gasteiger partial charge on any atom is 0.136 e. The van der Waals surface area contributed by atoms with Gasteiger partial charge in [0.2, 0.25) is 0 Å². The van der Waals surface area contributed by atoms with Crippen molar-refractivity contribution in [1.29, 1.82) is 0 Å². The summed E-state index contributed by atoms with van der Waals surface area (Å²) in [6.45, 7) is 2.59. The molecule has 0 spiro atoms. The molecule has 1 aliphatic carbocycles. The second kappa shape index (κ2) is 4.79. The van der Waals surface area contributed by atoms with Gasteiger partial charge in [-0.05, 0) is 36.4 Å². The van der Waals surface area contributed by atoms with E-state index in [2.05, 4.69) is 24.3 Å². The lowest BCUT2D eigenvalue weighted by Crippen LogP contribution is -2.24. The fourth-order valence-electron chi connectivity index (χ4n) is 2.40. The molecule has 0 saturated carbocycles. The van der Waals surface area contributed by atoms with Crippen LogP contribution in [-0.4, -0.2) is 12.3 Å².